The molecule has 0 aromatic heterocycles. The van der Waals surface area contributed by atoms with Crippen molar-refractivity contribution >= 4 is 17.5 Å². The van der Waals surface area contributed by atoms with Crippen LogP contribution in [-0.4, -0.2) is 60.2 Å². The van der Waals surface area contributed by atoms with Crippen LogP contribution in [0.4, 0.5) is 5.69 Å². The van der Waals surface area contributed by atoms with E-state index in [1.54, 1.807) is 4.90 Å². The number of carbonyl (C=O) groups is 2. The van der Waals surface area contributed by atoms with Gasteiger partial charge in [0.1, 0.15) is 11.5 Å². The maximum Gasteiger partial charge on any atom is 0.253 e. The molecule has 1 aliphatic rings. The number of rotatable bonds is 4. The van der Waals surface area contributed by atoms with Crippen LogP contribution in [0.2, 0.25) is 0 Å². The number of nitrogens with one attached hydrogen (secondary N) is 1. The largest absolute Gasteiger partial charge is 0.508 e. The van der Waals surface area contributed by atoms with Gasteiger partial charge >= 0.3 is 0 Å². The summed E-state index contributed by atoms with van der Waals surface area (Å²) in [6, 6.07) is 11.2. The minimum Gasteiger partial charge on any atom is -0.508 e. The highest BCUT2D eigenvalue weighted by atomic mass is 16.3. The van der Waals surface area contributed by atoms with Crippen LogP contribution in [0.5, 0.6) is 11.5 Å². The molecule has 0 aliphatic carbocycles. The molecule has 1 aliphatic heterocycles. The maximum atomic E-state index is 12.7. The summed E-state index contributed by atoms with van der Waals surface area (Å²) in [4.78, 5) is 28.8. The Balaban J connectivity index is 1.55. The van der Waals surface area contributed by atoms with Gasteiger partial charge in [-0.25, -0.2) is 0 Å². The summed E-state index contributed by atoms with van der Waals surface area (Å²) in [7, 11) is 3.90. The van der Waals surface area contributed by atoms with Gasteiger partial charge in [-0.3, -0.25) is 9.59 Å². The minimum atomic E-state index is -0.352. The van der Waals surface area contributed by atoms with Crippen LogP contribution < -0.4 is 10.2 Å². The summed E-state index contributed by atoms with van der Waals surface area (Å²) in [5, 5.41) is 21.9. The van der Waals surface area contributed by atoms with Gasteiger partial charge in [-0.1, -0.05) is 0 Å². The monoisotopic (exact) mass is 383 g/mol. The summed E-state index contributed by atoms with van der Waals surface area (Å²) in [6.07, 6.45) is 1.30. The van der Waals surface area contributed by atoms with Crippen molar-refractivity contribution < 1.29 is 19.8 Å². The second kappa shape index (κ2) is 8.21. The van der Waals surface area contributed by atoms with Crippen LogP contribution in [0.15, 0.2) is 42.5 Å². The lowest BCUT2D eigenvalue weighted by molar-refractivity contribution is 0.0698. The first kappa shape index (κ1) is 19.5. The first-order chi connectivity index (χ1) is 13.3. The number of amides is 2. The molecule has 2 aromatic carbocycles. The van der Waals surface area contributed by atoms with E-state index in [0.29, 0.717) is 31.5 Å². The molecule has 0 saturated carbocycles. The predicted molar refractivity (Wildman–Crippen MR) is 107 cm³/mol. The second-order valence-corrected chi connectivity index (χ2v) is 7.22. The Hall–Kier alpha value is -3.22. The number of aromatic hydroxyl groups is 2. The van der Waals surface area contributed by atoms with Gasteiger partial charge in [-0.2, -0.15) is 0 Å². The number of anilines is 1. The normalized spacial score (nSPS) is 14.6. The van der Waals surface area contributed by atoms with Crippen LogP contribution in [0.25, 0.3) is 0 Å². The van der Waals surface area contributed by atoms with Crippen LogP contribution in [-0.2, 0) is 0 Å². The predicted octanol–water partition coefficient (Wildman–Crippen LogP) is 2.20. The quantitative estimate of drug-likeness (QED) is 0.753. The molecule has 28 heavy (non-hydrogen) atoms. The number of carbonyl (C=O) groups excluding carboxylic acids is 2. The van der Waals surface area contributed by atoms with Crippen molar-refractivity contribution in [1.82, 2.24) is 10.2 Å². The smallest absolute Gasteiger partial charge is 0.253 e. The van der Waals surface area contributed by atoms with Crippen LogP contribution >= 0.6 is 0 Å². The van der Waals surface area contributed by atoms with E-state index in [0.717, 1.165) is 5.69 Å². The fourth-order valence-corrected chi connectivity index (χ4v) is 3.31. The lowest BCUT2D eigenvalue weighted by atomic mass is 10.0. The molecule has 1 fully saturated rings. The lowest BCUT2D eigenvalue weighted by Gasteiger charge is -2.32. The van der Waals surface area contributed by atoms with E-state index in [-0.39, 0.29) is 34.9 Å². The number of hydrogen-bond donors (Lipinski definition) is 3. The molecule has 7 nitrogen and oxygen atoms in total. The van der Waals surface area contributed by atoms with E-state index in [9.17, 15) is 19.8 Å². The van der Waals surface area contributed by atoms with Crippen molar-refractivity contribution in [3.05, 3.63) is 53.6 Å². The van der Waals surface area contributed by atoms with Gasteiger partial charge in [0.25, 0.3) is 11.8 Å². The molecule has 3 rings (SSSR count). The highest BCUT2D eigenvalue weighted by Crippen LogP contribution is 2.21. The molecule has 3 N–H and O–H groups in total. The Kier molecular flexibility index (Phi) is 5.73. The van der Waals surface area contributed by atoms with Crippen molar-refractivity contribution in [2.75, 3.05) is 32.1 Å². The van der Waals surface area contributed by atoms with Crippen LogP contribution in [0.1, 0.15) is 33.6 Å². The van der Waals surface area contributed by atoms with Gasteiger partial charge in [0.05, 0.1) is 0 Å². The summed E-state index contributed by atoms with van der Waals surface area (Å²) in [5.41, 5.74) is 1.90. The third-order valence-electron chi connectivity index (χ3n) is 4.91. The molecule has 7 heteroatoms. The Morgan fingerprint density at radius 3 is 2.07 bits per heavy atom. The van der Waals surface area contributed by atoms with E-state index in [2.05, 4.69) is 5.32 Å². The molecule has 0 unspecified atom stereocenters. The first-order valence-electron chi connectivity index (χ1n) is 9.24. The highest BCUT2D eigenvalue weighted by Gasteiger charge is 2.25. The second-order valence-electron chi connectivity index (χ2n) is 7.22. The molecular formula is C21H25N3O4. The summed E-state index contributed by atoms with van der Waals surface area (Å²) in [5.74, 6) is -0.681. The molecule has 1 saturated heterocycles. The Labute approximate surface area is 164 Å². The van der Waals surface area contributed by atoms with E-state index in [4.69, 9.17) is 0 Å². The van der Waals surface area contributed by atoms with Crippen molar-refractivity contribution in [1.29, 1.82) is 0 Å². The molecule has 2 amide bonds. The van der Waals surface area contributed by atoms with Gasteiger partial charge < -0.3 is 25.3 Å². The number of benzene rings is 2. The average molecular weight is 383 g/mol. The zero-order chi connectivity index (χ0) is 20.3. The Bertz CT molecular complexity index is 836. The fourth-order valence-electron chi connectivity index (χ4n) is 3.31. The summed E-state index contributed by atoms with van der Waals surface area (Å²) >= 11 is 0. The highest BCUT2D eigenvalue weighted by molar-refractivity contribution is 5.96. The zero-order valence-electron chi connectivity index (χ0n) is 16.1. The topological polar surface area (TPSA) is 93.1 Å². The van der Waals surface area contributed by atoms with E-state index < -0.39 is 0 Å². The minimum absolute atomic E-state index is 0.00649. The van der Waals surface area contributed by atoms with Gasteiger partial charge in [-0.15, -0.1) is 0 Å². The number of hydrogen-bond acceptors (Lipinski definition) is 5. The van der Waals surface area contributed by atoms with Crippen LogP contribution in [0, 0.1) is 0 Å². The number of piperidine rings is 1. The number of likely N-dealkylation sites (tertiary alicyclic amines) is 1. The molecular weight excluding hydrogens is 358 g/mol. The molecule has 0 radical (unpaired) electrons. The van der Waals surface area contributed by atoms with Crippen molar-refractivity contribution in [3.8, 4) is 11.5 Å². The Morgan fingerprint density at radius 2 is 1.54 bits per heavy atom. The first-order valence-corrected chi connectivity index (χ1v) is 9.24. The SMILES string of the molecule is CN(C)c1ccc(C(=O)N2CCC(NC(=O)c3cc(O)cc(O)c3)CC2)cc1. The number of phenols is 2. The third kappa shape index (κ3) is 4.54. The van der Waals surface area contributed by atoms with Gasteiger partial charge in [0.15, 0.2) is 0 Å². The zero-order valence-corrected chi connectivity index (χ0v) is 16.1. The van der Waals surface area contributed by atoms with Crippen molar-refractivity contribution in [3.63, 3.8) is 0 Å². The van der Waals surface area contributed by atoms with Crippen molar-refractivity contribution in [2.24, 2.45) is 0 Å². The number of nitrogens with zero attached hydrogens (tertiary/aromatic N) is 2. The van der Waals surface area contributed by atoms with E-state index in [1.807, 2.05) is 43.3 Å². The summed E-state index contributed by atoms with van der Waals surface area (Å²) in [6.45, 7) is 1.12. The van der Waals surface area contributed by atoms with Gasteiger partial charge in [0, 0.05) is 56.1 Å². The third-order valence-corrected chi connectivity index (χ3v) is 4.91. The van der Waals surface area contributed by atoms with E-state index in [1.165, 1.54) is 18.2 Å². The van der Waals surface area contributed by atoms with Crippen molar-refractivity contribution in [2.45, 2.75) is 18.9 Å². The Morgan fingerprint density at radius 1 is 0.964 bits per heavy atom. The lowest BCUT2D eigenvalue weighted by Crippen LogP contribution is -2.46. The van der Waals surface area contributed by atoms with Crippen LogP contribution in [0.3, 0.4) is 0 Å². The molecule has 0 bridgehead atoms. The molecule has 0 spiro atoms. The summed E-state index contributed by atoms with van der Waals surface area (Å²) < 4.78 is 0. The maximum absolute atomic E-state index is 12.7. The van der Waals surface area contributed by atoms with Gasteiger partial charge in [0.2, 0.25) is 0 Å². The molecule has 2 aromatic rings. The molecule has 0 atom stereocenters. The fraction of sp³-hybridized carbons (Fsp3) is 0.333. The van der Waals surface area contributed by atoms with E-state index >= 15 is 0 Å². The molecule has 1 heterocycles. The standard InChI is InChI=1S/C21H25N3O4/c1-23(2)17-5-3-14(4-6-17)21(28)24-9-7-16(8-10-24)22-20(27)15-11-18(25)13-19(26)12-15/h3-6,11-13,16,25-26H,7-10H2,1-2H3,(H,22,27). The van der Waals surface area contributed by atoms with Gasteiger partial charge in [-0.05, 0) is 49.2 Å². The number of phenolic OH excluding ortho intramolecular Hbond substituents is 2. The molecule has 148 valence electrons. The average Bonchev–Trinajstić information content (AvgIpc) is 2.67.